The number of fused-ring (bicyclic) bond motifs is 2. The van der Waals surface area contributed by atoms with Crippen molar-refractivity contribution >= 4 is 29.8 Å². The van der Waals surface area contributed by atoms with Crippen LogP contribution in [0.15, 0.2) is 66.7 Å². The summed E-state index contributed by atoms with van der Waals surface area (Å²) in [7, 11) is 0.237. The average molecular weight is 667 g/mol. The van der Waals surface area contributed by atoms with Gasteiger partial charge in [0.2, 0.25) is 0 Å². The Hall–Kier alpha value is -1.91. The van der Waals surface area contributed by atoms with Crippen LogP contribution < -0.4 is 0 Å². The summed E-state index contributed by atoms with van der Waals surface area (Å²) in [5.74, 6) is 0.533. The molecule has 0 saturated carbocycles. The van der Waals surface area contributed by atoms with E-state index in [4.69, 9.17) is 0 Å². The fourth-order valence-corrected chi connectivity index (χ4v) is 11.0. The Labute approximate surface area is 298 Å². The maximum Gasteiger partial charge on any atom is 0.0104 e. The summed E-state index contributed by atoms with van der Waals surface area (Å²) in [6.07, 6.45) is 35.4. The number of hydrogen-bond donors (Lipinski definition) is 0. The Balaban J connectivity index is 1.34. The van der Waals surface area contributed by atoms with Crippen molar-refractivity contribution in [1.82, 2.24) is 0 Å². The number of rotatable bonds is 27. The Morgan fingerprint density at radius 3 is 1.69 bits per heavy atom. The van der Waals surface area contributed by atoms with Gasteiger partial charge in [-0.1, -0.05) is 190 Å². The van der Waals surface area contributed by atoms with Crippen molar-refractivity contribution in [2.24, 2.45) is 0 Å². The van der Waals surface area contributed by atoms with Crippen molar-refractivity contribution in [3.05, 3.63) is 83.4 Å². The van der Waals surface area contributed by atoms with Crippen LogP contribution in [0, 0.1) is 0 Å². The van der Waals surface area contributed by atoms with Gasteiger partial charge in [0.05, 0.1) is 0 Å². The van der Waals surface area contributed by atoms with Gasteiger partial charge in [-0.2, -0.15) is 0 Å². The summed E-state index contributed by atoms with van der Waals surface area (Å²) in [5, 5.41) is 2.81. The molecule has 3 aromatic carbocycles. The van der Waals surface area contributed by atoms with Crippen LogP contribution in [0.5, 0.6) is 0 Å². The minimum Gasteiger partial charge on any atom is -0.107 e. The third-order valence-corrected chi connectivity index (χ3v) is 13.9. The molecule has 0 aliphatic heterocycles. The van der Waals surface area contributed by atoms with E-state index < -0.39 is 0 Å². The van der Waals surface area contributed by atoms with E-state index >= 15 is 0 Å². The zero-order valence-corrected chi connectivity index (χ0v) is 32.4. The lowest BCUT2D eigenvalue weighted by atomic mass is 9.84. The second-order valence-electron chi connectivity index (χ2n) is 14.9. The summed E-state index contributed by atoms with van der Waals surface area (Å²) >= 11 is 0. The first kappa shape index (κ1) is 38.9. The molecule has 2 unspecified atom stereocenters. The van der Waals surface area contributed by atoms with E-state index in [9.17, 15) is 0 Å². The summed E-state index contributed by atoms with van der Waals surface area (Å²) in [4.78, 5) is 0. The Kier molecular flexibility index (Phi) is 19.0. The summed E-state index contributed by atoms with van der Waals surface area (Å²) in [5.41, 5.74) is 7.98. The molecule has 1 aliphatic carbocycles. The summed E-state index contributed by atoms with van der Waals surface area (Å²) in [6.45, 7) is 7.02. The molecule has 2 atom stereocenters. The lowest BCUT2D eigenvalue weighted by molar-refractivity contribution is 0.562. The van der Waals surface area contributed by atoms with E-state index in [1.54, 1.807) is 22.3 Å². The first-order valence-corrected chi connectivity index (χ1v) is 22.7. The largest absolute Gasteiger partial charge is 0.107 e. The highest BCUT2D eigenvalue weighted by Gasteiger charge is 2.31. The van der Waals surface area contributed by atoms with Gasteiger partial charge in [0.1, 0.15) is 0 Å². The second kappa shape index (κ2) is 23.5. The molecule has 264 valence electrons. The van der Waals surface area contributed by atoms with E-state index in [-0.39, 0.29) is 7.92 Å². The van der Waals surface area contributed by atoms with Gasteiger partial charge >= 0.3 is 0 Å². The van der Waals surface area contributed by atoms with Crippen molar-refractivity contribution in [2.45, 2.75) is 168 Å². The topological polar surface area (TPSA) is 0 Å². The standard InChI is InChI=1S/C47H71P/c1-4-7-10-12-13-14-15-16-18-26-38-48(37-9-6-3)39-27-19-21-35-46-43-33-25-24-32-42(43)45(34-20-17-11-8-5-2)47(46)44-36-28-30-40-29-22-23-31-41(40)44/h22-25,28-33,36,46H,4-21,26-27,34-35,37-39H2,1-3H3. The number of allylic oxidation sites excluding steroid dienone is 2. The molecule has 0 saturated heterocycles. The molecule has 0 nitrogen and oxygen atoms in total. The fourth-order valence-electron chi connectivity index (χ4n) is 8.27. The SMILES string of the molecule is CCCCCCCCCCCCP(CCCC)CCCCCC1C(c2cccc3ccccc23)=C(CCCCCCC)c2ccccc21. The van der Waals surface area contributed by atoms with Crippen molar-refractivity contribution in [3.8, 4) is 0 Å². The fraction of sp³-hybridized carbons (Fsp3) is 0.617. The predicted octanol–water partition coefficient (Wildman–Crippen LogP) is 16.0. The molecule has 1 aliphatic rings. The van der Waals surface area contributed by atoms with Crippen LogP contribution in [0.1, 0.15) is 185 Å². The molecule has 0 radical (unpaired) electrons. The summed E-state index contributed by atoms with van der Waals surface area (Å²) in [6, 6.07) is 25.6. The molecule has 0 spiro atoms. The van der Waals surface area contributed by atoms with Crippen LogP contribution >= 0.6 is 7.92 Å². The van der Waals surface area contributed by atoms with Gasteiger partial charge in [0.25, 0.3) is 0 Å². The van der Waals surface area contributed by atoms with Gasteiger partial charge in [-0.3, -0.25) is 0 Å². The molecular formula is C47H71P. The molecular weight excluding hydrogens is 595 g/mol. The van der Waals surface area contributed by atoms with E-state index in [1.165, 1.54) is 176 Å². The maximum absolute atomic E-state index is 2.46. The number of unbranched alkanes of at least 4 members (excludes halogenated alkanes) is 16. The average Bonchev–Trinajstić information content (AvgIpc) is 3.43. The first-order chi connectivity index (χ1) is 23.8. The number of hydrogen-bond acceptors (Lipinski definition) is 0. The van der Waals surface area contributed by atoms with Crippen LogP contribution in [0.4, 0.5) is 0 Å². The van der Waals surface area contributed by atoms with Gasteiger partial charge in [-0.25, -0.2) is 0 Å². The van der Waals surface area contributed by atoms with Gasteiger partial charge < -0.3 is 0 Å². The van der Waals surface area contributed by atoms with Crippen LogP contribution in [0.2, 0.25) is 0 Å². The Morgan fingerprint density at radius 2 is 0.979 bits per heavy atom. The Bertz CT molecular complexity index is 1310. The zero-order valence-electron chi connectivity index (χ0n) is 31.6. The summed E-state index contributed by atoms with van der Waals surface area (Å²) < 4.78 is 0. The van der Waals surface area contributed by atoms with Crippen molar-refractivity contribution < 1.29 is 0 Å². The van der Waals surface area contributed by atoms with Gasteiger partial charge in [-0.15, -0.1) is 7.92 Å². The minimum absolute atomic E-state index is 0.237. The van der Waals surface area contributed by atoms with E-state index in [0.717, 1.165) is 0 Å². The van der Waals surface area contributed by atoms with Gasteiger partial charge in [0.15, 0.2) is 0 Å². The lowest BCUT2D eigenvalue weighted by Crippen LogP contribution is -2.01. The van der Waals surface area contributed by atoms with Gasteiger partial charge in [0, 0.05) is 5.92 Å². The van der Waals surface area contributed by atoms with E-state index in [0.29, 0.717) is 5.92 Å². The monoisotopic (exact) mass is 667 g/mol. The highest BCUT2D eigenvalue weighted by Crippen LogP contribution is 2.52. The second-order valence-corrected chi connectivity index (χ2v) is 17.6. The highest BCUT2D eigenvalue weighted by molar-refractivity contribution is 7.57. The smallest absolute Gasteiger partial charge is 0.0104 e. The molecule has 0 fully saturated rings. The van der Waals surface area contributed by atoms with Crippen molar-refractivity contribution in [1.29, 1.82) is 0 Å². The van der Waals surface area contributed by atoms with Crippen molar-refractivity contribution in [3.63, 3.8) is 0 Å². The molecule has 0 aromatic heterocycles. The third-order valence-electron chi connectivity index (χ3n) is 11.1. The highest BCUT2D eigenvalue weighted by atomic mass is 31.1. The van der Waals surface area contributed by atoms with Gasteiger partial charge in [-0.05, 0) is 95.6 Å². The normalized spacial score (nSPS) is 15.0. The van der Waals surface area contributed by atoms with Crippen LogP contribution in [0.25, 0.3) is 21.9 Å². The molecule has 3 aromatic rings. The van der Waals surface area contributed by atoms with Crippen LogP contribution in [0.3, 0.4) is 0 Å². The molecule has 0 bridgehead atoms. The molecule has 1 heteroatoms. The minimum atomic E-state index is 0.237. The maximum atomic E-state index is 2.46. The van der Waals surface area contributed by atoms with E-state index in [2.05, 4.69) is 87.5 Å². The molecule has 0 heterocycles. The first-order valence-electron chi connectivity index (χ1n) is 20.8. The molecule has 0 N–H and O–H groups in total. The lowest BCUT2D eigenvalue weighted by Gasteiger charge is -2.21. The van der Waals surface area contributed by atoms with E-state index in [1.807, 2.05) is 0 Å². The number of benzene rings is 3. The zero-order chi connectivity index (χ0) is 33.7. The third kappa shape index (κ3) is 12.4. The van der Waals surface area contributed by atoms with Crippen LogP contribution in [-0.2, 0) is 0 Å². The molecule has 48 heavy (non-hydrogen) atoms. The van der Waals surface area contributed by atoms with Crippen LogP contribution in [-0.4, -0.2) is 18.5 Å². The molecule has 0 amide bonds. The quantitative estimate of drug-likeness (QED) is 0.0561. The predicted molar refractivity (Wildman–Crippen MR) is 220 cm³/mol. The van der Waals surface area contributed by atoms with Crippen molar-refractivity contribution in [2.75, 3.05) is 18.5 Å². The molecule has 4 rings (SSSR count). The Morgan fingerprint density at radius 1 is 0.458 bits per heavy atom.